The molecule has 12 aromatic carbocycles. The van der Waals surface area contributed by atoms with Crippen LogP contribution in [0.5, 0.6) is 0 Å². The first-order chi connectivity index (χ1) is 39.2. The maximum atomic E-state index is 2.56. The molecular weight excluding hydrogens is 969 g/mol. The third kappa shape index (κ3) is 8.14. The van der Waals surface area contributed by atoms with E-state index in [1.54, 1.807) is 0 Å². The van der Waals surface area contributed by atoms with Crippen LogP contribution < -0.4 is 19.6 Å². The quantitative estimate of drug-likeness (QED) is 0.121. The Balaban J connectivity index is 0.850. The molecule has 0 N–H and O–H groups in total. The Morgan fingerprint density at radius 3 is 0.925 bits per heavy atom. The zero-order chi connectivity index (χ0) is 54.0. The van der Waals surface area contributed by atoms with E-state index in [0.717, 1.165) is 68.2 Å². The molecule has 0 saturated heterocycles. The molecule has 2 aliphatic carbocycles. The highest BCUT2D eigenvalue weighted by molar-refractivity contribution is 6.10. The summed E-state index contributed by atoms with van der Waals surface area (Å²) in [4.78, 5) is 9.49. The fourth-order valence-corrected chi connectivity index (χ4v) is 12.8. The standard InChI is InChI=1S/C76H60N4/c1-75(2)69-49-63(79(57-33-19-9-20-34-57)61-41-39-59(40-42-61)77(53-25-11-5-12-26-53)54-27-13-6-14-28-54)47-48-64(69)67-50-71-68(51-70(67)75)74-66-38-24-23-37-65(66)73(52-72(74)76(71,3)4)80(58-35-21-10-22-36-58)62-45-43-60(44-46-62)78(55-29-15-7-16-30-55)56-31-17-8-18-32-56/h5-52H,1-4H3. The highest BCUT2D eigenvalue weighted by Crippen LogP contribution is 2.59. The lowest BCUT2D eigenvalue weighted by Crippen LogP contribution is -2.18. The Hall–Kier alpha value is -9.90. The average molecular weight is 1030 g/mol. The predicted molar refractivity (Wildman–Crippen MR) is 338 cm³/mol. The van der Waals surface area contributed by atoms with Crippen molar-refractivity contribution in [3.8, 4) is 22.3 Å². The summed E-state index contributed by atoms with van der Waals surface area (Å²) in [6, 6.07) is 106. The summed E-state index contributed by atoms with van der Waals surface area (Å²) in [5, 5.41) is 2.48. The van der Waals surface area contributed by atoms with Gasteiger partial charge in [-0.2, -0.15) is 0 Å². The van der Waals surface area contributed by atoms with Crippen molar-refractivity contribution in [1.29, 1.82) is 0 Å². The maximum Gasteiger partial charge on any atom is 0.0543 e. The van der Waals surface area contributed by atoms with Crippen LogP contribution in [0.1, 0.15) is 49.9 Å². The number of hydrogen-bond donors (Lipinski definition) is 0. The minimum atomic E-state index is -0.295. The van der Waals surface area contributed by atoms with Crippen LogP contribution in [0.2, 0.25) is 0 Å². The van der Waals surface area contributed by atoms with E-state index in [0.29, 0.717) is 0 Å². The highest BCUT2D eigenvalue weighted by Gasteiger charge is 2.43. The van der Waals surface area contributed by atoms with Crippen LogP contribution in [-0.2, 0) is 10.8 Å². The van der Waals surface area contributed by atoms with E-state index in [9.17, 15) is 0 Å². The normalized spacial score (nSPS) is 13.2. The van der Waals surface area contributed by atoms with Gasteiger partial charge in [-0.3, -0.25) is 0 Å². The monoisotopic (exact) mass is 1030 g/mol. The van der Waals surface area contributed by atoms with Crippen LogP contribution in [0.4, 0.5) is 68.2 Å². The van der Waals surface area contributed by atoms with E-state index < -0.39 is 0 Å². The van der Waals surface area contributed by atoms with Gasteiger partial charge >= 0.3 is 0 Å². The Bertz CT molecular complexity index is 4120. The van der Waals surface area contributed by atoms with Crippen molar-refractivity contribution < 1.29 is 0 Å². The Morgan fingerprint density at radius 1 is 0.212 bits per heavy atom. The molecule has 80 heavy (non-hydrogen) atoms. The molecule has 384 valence electrons. The molecule has 0 unspecified atom stereocenters. The van der Waals surface area contributed by atoms with Gasteiger partial charge in [0.05, 0.1) is 5.69 Å². The predicted octanol–water partition coefficient (Wildman–Crippen LogP) is 21.3. The van der Waals surface area contributed by atoms with Crippen LogP contribution in [0.25, 0.3) is 33.0 Å². The van der Waals surface area contributed by atoms with E-state index >= 15 is 0 Å². The molecule has 0 atom stereocenters. The summed E-state index contributed by atoms with van der Waals surface area (Å²) in [7, 11) is 0. The second-order valence-electron chi connectivity index (χ2n) is 22.2. The molecule has 0 bridgehead atoms. The highest BCUT2D eigenvalue weighted by atomic mass is 15.2. The number of para-hydroxylation sites is 6. The summed E-state index contributed by atoms with van der Waals surface area (Å²) in [6.45, 7) is 9.69. The van der Waals surface area contributed by atoms with Crippen molar-refractivity contribution in [3.05, 3.63) is 313 Å². The van der Waals surface area contributed by atoms with Gasteiger partial charge in [0.1, 0.15) is 0 Å². The molecule has 0 aromatic heterocycles. The second kappa shape index (κ2) is 19.5. The van der Waals surface area contributed by atoms with Crippen LogP contribution in [-0.4, -0.2) is 0 Å². The second-order valence-corrected chi connectivity index (χ2v) is 22.2. The molecule has 0 radical (unpaired) electrons. The fourth-order valence-electron chi connectivity index (χ4n) is 12.8. The summed E-state index contributed by atoms with van der Waals surface area (Å²) >= 11 is 0. The van der Waals surface area contributed by atoms with Gasteiger partial charge in [-0.1, -0.05) is 167 Å². The van der Waals surface area contributed by atoms with Gasteiger partial charge in [0, 0.05) is 78.8 Å². The van der Waals surface area contributed by atoms with Crippen molar-refractivity contribution in [2.24, 2.45) is 0 Å². The van der Waals surface area contributed by atoms with Crippen molar-refractivity contribution >= 4 is 79.0 Å². The molecule has 0 spiro atoms. The number of fused-ring (bicyclic) bond motifs is 8. The molecule has 2 aliphatic rings. The molecule has 0 heterocycles. The Labute approximate surface area is 470 Å². The zero-order valence-electron chi connectivity index (χ0n) is 45.5. The first-order valence-corrected chi connectivity index (χ1v) is 27.8. The van der Waals surface area contributed by atoms with Gasteiger partial charge < -0.3 is 19.6 Å². The summed E-state index contributed by atoms with van der Waals surface area (Å²) < 4.78 is 0. The van der Waals surface area contributed by atoms with Crippen LogP contribution >= 0.6 is 0 Å². The van der Waals surface area contributed by atoms with Crippen molar-refractivity contribution in [1.82, 2.24) is 0 Å². The number of benzene rings is 12. The van der Waals surface area contributed by atoms with Gasteiger partial charge in [-0.25, -0.2) is 0 Å². The van der Waals surface area contributed by atoms with Crippen LogP contribution in [0.15, 0.2) is 291 Å². The molecule has 4 heteroatoms. The maximum absolute atomic E-state index is 2.56. The van der Waals surface area contributed by atoms with Crippen molar-refractivity contribution in [2.45, 2.75) is 38.5 Å². The topological polar surface area (TPSA) is 13.0 Å². The molecular formula is C76H60N4. The Kier molecular flexibility index (Phi) is 11.8. The SMILES string of the molecule is CC1(C)c2cc(N(c3ccccc3)c3ccc(N(c4ccccc4)c4ccccc4)cc3)ccc2-c2cc3c(cc21)-c1c(cc(N(c2ccccc2)c2ccc(N(c4ccccc4)c4ccccc4)cc2)c2ccccc12)C3(C)C. The average Bonchev–Trinajstić information content (AvgIpc) is 4.12. The minimum Gasteiger partial charge on any atom is -0.311 e. The zero-order valence-corrected chi connectivity index (χ0v) is 45.5. The lowest BCUT2D eigenvalue weighted by molar-refractivity contribution is 0.652. The molecule has 0 fully saturated rings. The fraction of sp³-hybridized carbons (Fsp3) is 0.0789. The van der Waals surface area contributed by atoms with Crippen molar-refractivity contribution in [3.63, 3.8) is 0 Å². The van der Waals surface area contributed by atoms with Crippen molar-refractivity contribution in [2.75, 3.05) is 19.6 Å². The molecule has 0 aliphatic heterocycles. The summed E-state index contributed by atoms with van der Waals surface area (Å²) in [5.41, 5.74) is 23.5. The molecule has 0 saturated carbocycles. The van der Waals surface area contributed by atoms with Crippen LogP contribution in [0, 0.1) is 0 Å². The number of hydrogen-bond acceptors (Lipinski definition) is 4. The third-order valence-electron chi connectivity index (χ3n) is 16.8. The van der Waals surface area contributed by atoms with Gasteiger partial charge in [-0.05, 0) is 202 Å². The first-order valence-electron chi connectivity index (χ1n) is 27.8. The van der Waals surface area contributed by atoms with E-state index in [1.165, 1.54) is 55.3 Å². The number of nitrogens with zero attached hydrogens (tertiary/aromatic N) is 4. The van der Waals surface area contributed by atoms with Crippen LogP contribution in [0.3, 0.4) is 0 Å². The minimum absolute atomic E-state index is 0.275. The van der Waals surface area contributed by atoms with Gasteiger partial charge in [-0.15, -0.1) is 0 Å². The smallest absolute Gasteiger partial charge is 0.0543 e. The first kappa shape index (κ1) is 48.5. The summed E-state index contributed by atoms with van der Waals surface area (Å²) in [5.74, 6) is 0. The van der Waals surface area contributed by atoms with E-state index in [4.69, 9.17) is 0 Å². The third-order valence-corrected chi connectivity index (χ3v) is 16.8. The van der Waals surface area contributed by atoms with E-state index in [1.807, 2.05) is 0 Å². The van der Waals surface area contributed by atoms with E-state index in [2.05, 4.69) is 338 Å². The van der Waals surface area contributed by atoms with E-state index in [-0.39, 0.29) is 10.8 Å². The largest absolute Gasteiger partial charge is 0.311 e. The van der Waals surface area contributed by atoms with Gasteiger partial charge in [0.2, 0.25) is 0 Å². The Morgan fingerprint density at radius 2 is 0.500 bits per heavy atom. The van der Waals surface area contributed by atoms with Gasteiger partial charge in [0.25, 0.3) is 0 Å². The molecule has 4 nitrogen and oxygen atoms in total. The summed E-state index contributed by atoms with van der Waals surface area (Å²) in [6.07, 6.45) is 0. The molecule has 12 aromatic rings. The number of rotatable bonds is 12. The van der Waals surface area contributed by atoms with Gasteiger partial charge in [0.15, 0.2) is 0 Å². The lowest BCUT2D eigenvalue weighted by atomic mass is 9.79. The molecule has 14 rings (SSSR count). The number of anilines is 12. The molecule has 0 amide bonds. The lowest BCUT2D eigenvalue weighted by Gasteiger charge is -2.30.